The zero-order chi connectivity index (χ0) is 11.4. The Bertz CT molecular complexity index is 359. The molecule has 0 saturated carbocycles. The molecule has 0 heterocycles. The predicted octanol–water partition coefficient (Wildman–Crippen LogP) is 1.80. The van der Waals surface area contributed by atoms with Crippen LogP contribution in [0.4, 0.5) is 0 Å². The van der Waals surface area contributed by atoms with Gasteiger partial charge in [-0.15, -0.1) is 0 Å². The molecule has 0 spiro atoms. The van der Waals surface area contributed by atoms with Gasteiger partial charge in [-0.2, -0.15) is 0 Å². The number of rotatable bonds is 4. The van der Waals surface area contributed by atoms with E-state index in [9.17, 15) is 4.79 Å². The van der Waals surface area contributed by atoms with Crippen molar-refractivity contribution in [3.63, 3.8) is 0 Å². The van der Waals surface area contributed by atoms with E-state index >= 15 is 0 Å². The van der Waals surface area contributed by atoms with Crippen LogP contribution in [-0.2, 0) is 6.42 Å². The monoisotopic (exact) mass is 207 g/mol. The first-order valence-corrected chi connectivity index (χ1v) is 4.98. The van der Waals surface area contributed by atoms with Crippen molar-refractivity contribution in [3.8, 4) is 0 Å². The summed E-state index contributed by atoms with van der Waals surface area (Å²) in [6.45, 7) is 2.94. The fourth-order valence-electron chi connectivity index (χ4n) is 1.45. The van der Waals surface area contributed by atoms with E-state index in [1.807, 2.05) is 27.1 Å². The quantitative estimate of drug-likeness (QED) is 0.818. The van der Waals surface area contributed by atoms with Gasteiger partial charge in [-0.1, -0.05) is 6.07 Å². The Kier molecular flexibility index (Phi) is 3.86. The highest BCUT2D eigenvalue weighted by molar-refractivity contribution is 5.87. The van der Waals surface area contributed by atoms with Crippen molar-refractivity contribution in [3.05, 3.63) is 34.9 Å². The van der Waals surface area contributed by atoms with Crippen LogP contribution in [0.1, 0.15) is 21.5 Å². The molecule has 15 heavy (non-hydrogen) atoms. The minimum atomic E-state index is -0.864. The lowest BCUT2D eigenvalue weighted by atomic mass is 10.0. The van der Waals surface area contributed by atoms with Crippen molar-refractivity contribution in [2.45, 2.75) is 13.3 Å². The largest absolute Gasteiger partial charge is 0.478 e. The Balaban J connectivity index is 2.79. The predicted molar refractivity (Wildman–Crippen MR) is 60.4 cm³/mol. The van der Waals surface area contributed by atoms with Gasteiger partial charge < -0.3 is 10.0 Å². The van der Waals surface area contributed by atoms with Crippen LogP contribution >= 0.6 is 0 Å². The Morgan fingerprint density at radius 2 is 2.07 bits per heavy atom. The van der Waals surface area contributed by atoms with Crippen LogP contribution in [0.2, 0.25) is 0 Å². The van der Waals surface area contributed by atoms with E-state index in [1.165, 1.54) is 5.56 Å². The van der Waals surface area contributed by atoms with Crippen molar-refractivity contribution < 1.29 is 9.90 Å². The Labute approximate surface area is 90.3 Å². The fourth-order valence-corrected chi connectivity index (χ4v) is 1.45. The Morgan fingerprint density at radius 3 is 2.53 bits per heavy atom. The lowest BCUT2D eigenvalue weighted by molar-refractivity contribution is 0.0697. The minimum Gasteiger partial charge on any atom is -0.478 e. The van der Waals surface area contributed by atoms with E-state index in [-0.39, 0.29) is 0 Å². The maximum atomic E-state index is 10.7. The third kappa shape index (κ3) is 3.36. The highest BCUT2D eigenvalue weighted by Crippen LogP contribution is 2.12. The summed E-state index contributed by atoms with van der Waals surface area (Å²) in [4.78, 5) is 12.8. The molecule has 3 heteroatoms. The first kappa shape index (κ1) is 11.7. The molecular weight excluding hydrogens is 190 g/mol. The summed E-state index contributed by atoms with van der Waals surface area (Å²) in [7, 11) is 4.06. The smallest absolute Gasteiger partial charge is 0.335 e. The van der Waals surface area contributed by atoms with Gasteiger partial charge in [0.1, 0.15) is 0 Å². The van der Waals surface area contributed by atoms with Crippen molar-refractivity contribution >= 4 is 5.97 Å². The van der Waals surface area contributed by atoms with E-state index in [0.717, 1.165) is 18.5 Å². The number of hydrogen-bond donors (Lipinski definition) is 1. The van der Waals surface area contributed by atoms with E-state index in [2.05, 4.69) is 4.90 Å². The van der Waals surface area contributed by atoms with E-state index in [4.69, 9.17) is 5.11 Å². The zero-order valence-electron chi connectivity index (χ0n) is 9.45. The third-order valence-electron chi connectivity index (χ3n) is 2.42. The van der Waals surface area contributed by atoms with Gasteiger partial charge in [-0.05, 0) is 50.7 Å². The number of hydrogen-bond acceptors (Lipinski definition) is 2. The number of carbonyl (C=O) groups is 1. The van der Waals surface area contributed by atoms with Gasteiger partial charge in [0.15, 0.2) is 0 Å². The van der Waals surface area contributed by atoms with Crippen molar-refractivity contribution in [1.29, 1.82) is 0 Å². The summed E-state index contributed by atoms with van der Waals surface area (Å²) in [5, 5.41) is 8.81. The molecule has 3 nitrogen and oxygen atoms in total. The first-order valence-electron chi connectivity index (χ1n) is 4.98. The van der Waals surface area contributed by atoms with Crippen LogP contribution in [-0.4, -0.2) is 36.6 Å². The van der Waals surface area contributed by atoms with E-state index < -0.39 is 5.97 Å². The minimum absolute atomic E-state index is 0.362. The molecule has 0 saturated heterocycles. The fraction of sp³-hybridized carbons (Fsp3) is 0.417. The maximum Gasteiger partial charge on any atom is 0.335 e. The zero-order valence-corrected chi connectivity index (χ0v) is 9.45. The highest BCUT2D eigenvalue weighted by atomic mass is 16.4. The second kappa shape index (κ2) is 4.94. The third-order valence-corrected chi connectivity index (χ3v) is 2.42. The van der Waals surface area contributed by atoms with Crippen LogP contribution in [0.25, 0.3) is 0 Å². The van der Waals surface area contributed by atoms with Crippen LogP contribution in [0.3, 0.4) is 0 Å². The Morgan fingerprint density at radius 1 is 1.40 bits per heavy atom. The Hall–Kier alpha value is -1.35. The van der Waals surface area contributed by atoms with Crippen LogP contribution < -0.4 is 0 Å². The molecule has 0 aliphatic heterocycles. The molecule has 1 aromatic rings. The second-order valence-electron chi connectivity index (χ2n) is 4.00. The van der Waals surface area contributed by atoms with Crippen LogP contribution in [0.5, 0.6) is 0 Å². The van der Waals surface area contributed by atoms with Crippen molar-refractivity contribution in [1.82, 2.24) is 4.90 Å². The van der Waals surface area contributed by atoms with E-state index in [1.54, 1.807) is 12.1 Å². The summed E-state index contributed by atoms with van der Waals surface area (Å²) >= 11 is 0. The molecule has 82 valence electrons. The van der Waals surface area contributed by atoms with Gasteiger partial charge in [0.25, 0.3) is 0 Å². The van der Waals surface area contributed by atoms with Gasteiger partial charge in [0.05, 0.1) is 5.56 Å². The summed E-state index contributed by atoms with van der Waals surface area (Å²) < 4.78 is 0. The topological polar surface area (TPSA) is 40.5 Å². The molecule has 1 N–H and O–H groups in total. The molecule has 0 atom stereocenters. The molecule has 1 rings (SSSR count). The average Bonchev–Trinajstić information content (AvgIpc) is 2.15. The van der Waals surface area contributed by atoms with Gasteiger partial charge in [-0.25, -0.2) is 4.79 Å². The number of aromatic carboxylic acids is 1. The number of likely N-dealkylation sites (N-methyl/N-ethyl adjacent to an activating group) is 1. The number of carboxylic acid groups (broad SMARTS) is 1. The van der Waals surface area contributed by atoms with Gasteiger partial charge in [0.2, 0.25) is 0 Å². The molecule has 0 unspecified atom stereocenters. The maximum absolute atomic E-state index is 10.7. The highest BCUT2D eigenvalue weighted by Gasteiger charge is 2.05. The molecule has 1 aromatic carbocycles. The average molecular weight is 207 g/mol. The number of nitrogens with zero attached hydrogens (tertiary/aromatic N) is 1. The summed E-state index contributed by atoms with van der Waals surface area (Å²) in [6, 6.07) is 5.30. The number of carboxylic acids is 1. The summed E-state index contributed by atoms with van der Waals surface area (Å²) in [6.07, 6.45) is 0.957. The molecule has 0 fully saturated rings. The second-order valence-corrected chi connectivity index (χ2v) is 4.00. The standard InChI is InChI=1S/C12H17NO2/c1-9-8-11(12(14)15)5-4-10(9)6-7-13(2)3/h4-5,8H,6-7H2,1-3H3,(H,14,15). The molecule has 0 aliphatic carbocycles. The summed E-state index contributed by atoms with van der Waals surface area (Å²) in [5.41, 5.74) is 2.63. The van der Waals surface area contributed by atoms with Gasteiger partial charge >= 0.3 is 5.97 Å². The molecule has 0 radical (unpaired) electrons. The van der Waals surface area contributed by atoms with Crippen molar-refractivity contribution in [2.24, 2.45) is 0 Å². The van der Waals surface area contributed by atoms with E-state index in [0.29, 0.717) is 5.56 Å². The molecule has 0 aromatic heterocycles. The molecule has 0 amide bonds. The lowest BCUT2D eigenvalue weighted by Crippen LogP contribution is -2.15. The lowest BCUT2D eigenvalue weighted by Gasteiger charge is -2.11. The van der Waals surface area contributed by atoms with Crippen LogP contribution in [0.15, 0.2) is 18.2 Å². The molecule has 0 aliphatic rings. The molecule has 0 bridgehead atoms. The number of aryl methyl sites for hydroxylation is 1. The first-order chi connectivity index (χ1) is 7.00. The molecular formula is C12H17NO2. The SMILES string of the molecule is Cc1cc(C(=O)O)ccc1CCN(C)C. The van der Waals surface area contributed by atoms with Crippen LogP contribution in [0, 0.1) is 6.92 Å². The summed E-state index contributed by atoms with van der Waals surface area (Å²) in [5.74, 6) is -0.864. The van der Waals surface area contributed by atoms with Crippen molar-refractivity contribution in [2.75, 3.05) is 20.6 Å². The van der Waals surface area contributed by atoms with Gasteiger partial charge in [0, 0.05) is 6.54 Å². The normalized spacial score (nSPS) is 10.7. The number of benzene rings is 1. The van der Waals surface area contributed by atoms with Gasteiger partial charge in [-0.3, -0.25) is 0 Å².